The fourth-order valence-corrected chi connectivity index (χ4v) is 6.73. The molecule has 1 unspecified atom stereocenters. The van der Waals surface area contributed by atoms with Crippen molar-refractivity contribution in [3.05, 3.63) is 89.7 Å². The summed E-state index contributed by atoms with van der Waals surface area (Å²) in [4.78, 5) is 29.1. The van der Waals surface area contributed by atoms with E-state index in [1.807, 2.05) is 20.8 Å². The number of sulfonamides is 1. The quantitative estimate of drug-likeness (QED) is 0.273. The molecule has 0 bridgehead atoms. The maximum Gasteiger partial charge on any atom is 0.264 e. The second kappa shape index (κ2) is 14.5. The Hall–Kier alpha value is -3.92. The van der Waals surface area contributed by atoms with E-state index in [2.05, 4.69) is 5.32 Å². The van der Waals surface area contributed by atoms with Gasteiger partial charge in [-0.25, -0.2) is 12.8 Å². The lowest BCUT2D eigenvalue weighted by Crippen LogP contribution is -2.53. The molecular weight excluding hydrogens is 569 g/mol. The Labute approximate surface area is 253 Å². The molecule has 4 rings (SSSR count). The van der Waals surface area contributed by atoms with Gasteiger partial charge in [0.15, 0.2) is 0 Å². The van der Waals surface area contributed by atoms with Crippen LogP contribution in [-0.4, -0.2) is 50.4 Å². The average molecular weight is 610 g/mol. The van der Waals surface area contributed by atoms with Gasteiger partial charge in [-0.2, -0.15) is 0 Å². The number of amides is 2. The minimum absolute atomic E-state index is 0.0113. The summed E-state index contributed by atoms with van der Waals surface area (Å²) in [7, 11) is -4.18. The molecular formula is C33H40FN3O5S. The lowest BCUT2D eigenvalue weighted by atomic mass is 10.1. The van der Waals surface area contributed by atoms with Crippen molar-refractivity contribution in [1.29, 1.82) is 0 Å². The molecule has 1 N–H and O–H groups in total. The highest BCUT2D eigenvalue weighted by molar-refractivity contribution is 7.92. The molecule has 1 saturated carbocycles. The Kier molecular flexibility index (Phi) is 10.8. The number of hydrogen-bond donors (Lipinski definition) is 1. The average Bonchev–Trinajstić information content (AvgIpc) is 3.50. The molecule has 0 saturated heterocycles. The van der Waals surface area contributed by atoms with Gasteiger partial charge < -0.3 is 15.0 Å². The molecule has 0 radical (unpaired) electrons. The number of hydrogen-bond acceptors (Lipinski definition) is 5. The van der Waals surface area contributed by atoms with Gasteiger partial charge >= 0.3 is 0 Å². The number of aryl methyl sites for hydroxylation is 1. The van der Waals surface area contributed by atoms with Crippen LogP contribution in [0.4, 0.5) is 10.1 Å². The van der Waals surface area contributed by atoms with Crippen molar-refractivity contribution in [1.82, 2.24) is 10.2 Å². The summed E-state index contributed by atoms with van der Waals surface area (Å²) >= 11 is 0. The van der Waals surface area contributed by atoms with Crippen LogP contribution in [0.25, 0.3) is 0 Å². The molecule has 2 amide bonds. The van der Waals surface area contributed by atoms with Crippen LogP contribution in [0.15, 0.2) is 77.7 Å². The highest BCUT2D eigenvalue weighted by Crippen LogP contribution is 2.27. The molecule has 8 nitrogen and oxygen atoms in total. The largest absolute Gasteiger partial charge is 0.494 e. The van der Waals surface area contributed by atoms with Gasteiger partial charge in [-0.1, -0.05) is 49.6 Å². The third-order valence-electron chi connectivity index (χ3n) is 7.68. The Morgan fingerprint density at radius 3 is 2.16 bits per heavy atom. The Morgan fingerprint density at radius 1 is 0.953 bits per heavy atom. The minimum Gasteiger partial charge on any atom is -0.494 e. The van der Waals surface area contributed by atoms with Crippen molar-refractivity contribution < 1.29 is 27.1 Å². The molecule has 0 aromatic heterocycles. The first kappa shape index (κ1) is 32.0. The summed E-state index contributed by atoms with van der Waals surface area (Å²) in [5.74, 6) is -0.683. The van der Waals surface area contributed by atoms with Crippen LogP contribution in [-0.2, 0) is 26.2 Å². The van der Waals surface area contributed by atoms with Gasteiger partial charge in [-0.3, -0.25) is 13.9 Å². The molecule has 1 aliphatic carbocycles. The van der Waals surface area contributed by atoms with Gasteiger partial charge in [0.2, 0.25) is 11.8 Å². The van der Waals surface area contributed by atoms with E-state index in [0.717, 1.165) is 35.6 Å². The number of rotatable bonds is 13. The number of carbonyl (C=O) groups is 2. The van der Waals surface area contributed by atoms with Gasteiger partial charge in [0, 0.05) is 12.6 Å². The second-order valence-electron chi connectivity index (χ2n) is 10.8. The van der Waals surface area contributed by atoms with Crippen LogP contribution in [0.3, 0.4) is 0 Å². The van der Waals surface area contributed by atoms with Crippen LogP contribution >= 0.6 is 0 Å². The van der Waals surface area contributed by atoms with Crippen LogP contribution in [0.5, 0.6) is 5.75 Å². The number of carbonyl (C=O) groups excluding carboxylic acids is 2. The van der Waals surface area contributed by atoms with Crippen LogP contribution in [0, 0.1) is 12.7 Å². The number of ether oxygens (including phenoxy) is 1. The monoisotopic (exact) mass is 609 g/mol. The van der Waals surface area contributed by atoms with E-state index >= 15 is 0 Å². The van der Waals surface area contributed by atoms with Crippen molar-refractivity contribution >= 4 is 27.5 Å². The van der Waals surface area contributed by atoms with Gasteiger partial charge in [-0.05, 0) is 87.2 Å². The summed E-state index contributed by atoms with van der Waals surface area (Å²) in [6.45, 7) is 5.44. The van der Waals surface area contributed by atoms with E-state index in [4.69, 9.17) is 4.74 Å². The molecule has 230 valence electrons. The van der Waals surface area contributed by atoms with Crippen LogP contribution in [0.1, 0.15) is 57.1 Å². The Balaban J connectivity index is 1.71. The smallest absolute Gasteiger partial charge is 0.264 e. The predicted molar refractivity (Wildman–Crippen MR) is 165 cm³/mol. The number of nitrogens with one attached hydrogen (secondary N) is 1. The molecule has 0 heterocycles. The Bertz CT molecular complexity index is 1470. The predicted octanol–water partition coefficient (Wildman–Crippen LogP) is 5.59. The summed E-state index contributed by atoms with van der Waals surface area (Å²) in [5, 5.41) is 3.09. The number of halogens is 1. The lowest BCUT2D eigenvalue weighted by Gasteiger charge is -2.33. The molecule has 1 atom stereocenters. The maximum absolute atomic E-state index is 14.2. The first-order valence-corrected chi connectivity index (χ1v) is 16.2. The van der Waals surface area contributed by atoms with Crippen molar-refractivity contribution in [2.24, 2.45) is 0 Å². The maximum atomic E-state index is 14.2. The van der Waals surface area contributed by atoms with Gasteiger partial charge in [-0.15, -0.1) is 0 Å². The zero-order chi connectivity index (χ0) is 31.0. The summed E-state index contributed by atoms with van der Waals surface area (Å²) in [5.41, 5.74) is 1.80. The zero-order valence-electron chi connectivity index (χ0n) is 25.0. The second-order valence-corrected chi connectivity index (χ2v) is 12.7. The fourth-order valence-electron chi connectivity index (χ4n) is 5.32. The molecule has 1 fully saturated rings. The van der Waals surface area contributed by atoms with Gasteiger partial charge in [0.05, 0.1) is 17.2 Å². The van der Waals surface area contributed by atoms with E-state index in [-0.39, 0.29) is 29.1 Å². The van der Waals surface area contributed by atoms with Crippen LogP contribution < -0.4 is 14.4 Å². The minimum atomic E-state index is -4.18. The topological polar surface area (TPSA) is 96.0 Å². The number of benzene rings is 3. The summed E-state index contributed by atoms with van der Waals surface area (Å²) in [6.07, 6.45) is 4.16. The molecule has 10 heteroatoms. The van der Waals surface area contributed by atoms with Crippen molar-refractivity contribution in [3.8, 4) is 5.75 Å². The van der Waals surface area contributed by atoms with Gasteiger partial charge in [0.25, 0.3) is 10.0 Å². The standard InChI is InChI=1S/C33H40FN3O5S/c1-4-31(33(39)35-27-8-6-7-9-27)36(22-25-12-14-26(34)15-13-25)32(38)23-37(28-16-18-29(19-17-28)42-5-2)43(40,41)30-20-10-24(3)11-21-30/h10-21,27,31H,4-9,22-23H2,1-3H3,(H,35,39). The number of anilines is 1. The first-order valence-electron chi connectivity index (χ1n) is 14.8. The molecule has 3 aromatic carbocycles. The third kappa shape index (κ3) is 8.13. The first-order chi connectivity index (χ1) is 20.6. The highest BCUT2D eigenvalue weighted by atomic mass is 32.2. The molecule has 43 heavy (non-hydrogen) atoms. The van der Waals surface area contributed by atoms with E-state index < -0.39 is 34.3 Å². The van der Waals surface area contributed by atoms with E-state index in [0.29, 0.717) is 24.3 Å². The SMILES string of the molecule is CCOc1ccc(N(CC(=O)N(Cc2ccc(F)cc2)C(CC)C(=O)NC2CCCC2)S(=O)(=O)c2ccc(C)cc2)cc1. The number of nitrogens with zero attached hydrogens (tertiary/aromatic N) is 2. The lowest BCUT2D eigenvalue weighted by molar-refractivity contribution is -0.140. The fraction of sp³-hybridized carbons (Fsp3) is 0.394. The third-order valence-corrected chi connectivity index (χ3v) is 9.47. The summed E-state index contributed by atoms with van der Waals surface area (Å²) < 4.78 is 48.3. The van der Waals surface area contributed by atoms with Crippen molar-refractivity contribution in [3.63, 3.8) is 0 Å². The van der Waals surface area contributed by atoms with Crippen molar-refractivity contribution in [2.45, 2.75) is 76.4 Å². The van der Waals surface area contributed by atoms with E-state index in [1.165, 1.54) is 29.2 Å². The molecule has 3 aromatic rings. The van der Waals surface area contributed by atoms with Gasteiger partial charge in [0.1, 0.15) is 24.2 Å². The molecule has 1 aliphatic rings. The molecule has 0 aliphatic heterocycles. The zero-order valence-corrected chi connectivity index (χ0v) is 25.8. The van der Waals surface area contributed by atoms with Crippen LogP contribution in [0.2, 0.25) is 0 Å². The van der Waals surface area contributed by atoms with E-state index in [1.54, 1.807) is 48.5 Å². The normalized spacial score (nSPS) is 14.2. The molecule has 0 spiro atoms. The van der Waals surface area contributed by atoms with Crippen molar-refractivity contribution in [2.75, 3.05) is 17.5 Å². The summed E-state index contributed by atoms with van der Waals surface area (Å²) in [6, 6.07) is 17.8. The Morgan fingerprint density at radius 2 is 1.58 bits per heavy atom. The van der Waals surface area contributed by atoms with E-state index in [9.17, 15) is 22.4 Å². The highest BCUT2D eigenvalue weighted by Gasteiger charge is 2.34.